The van der Waals surface area contributed by atoms with Gasteiger partial charge in [-0.05, 0) is 0 Å². The first-order valence-electron chi connectivity index (χ1n) is 9.87. The number of quaternary nitrogens is 1. The number of carbonyl (C=O) groups excluding carboxylic acids is 2. The van der Waals surface area contributed by atoms with Crippen molar-refractivity contribution in [3.8, 4) is 0 Å². The second-order valence-corrected chi connectivity index (χ2v) is 9.93. The molecule has 168 valence electrons. The molecule has 0 spiro atoms. The number of aromatic carboxylic acids is 1. The van der Waals surface area contributed by atoms with Crippen molar-refractivity contribution in [3.05, 3.63) is 63.7 Å². The summed E-state index contributed by atoms with van der Waals surface area (Å²) >= 11 is -0.346. The van der Waals surface area contributed by atoms with Crippen molar-refractivity contribution >= 4 is 57.0 Å². The Balaban J connectivity index is 1.60. The molecule has 1 aliphatic rings. The van der Waals surface area contributed by atoms with Gasteiger partial charge in [0.05, 0.1) is 0 Å². The molecule has 0 radical (unpaired) electrons. The van der Waals surface area contributed by atoms with Crippen molar-refractivity contribution in [2.75, 3.05) is 9.74 Å². The number of Topliss-reactive ketones (excluding diaryl/α,β-unsaturated/α-hetero) is 1. The summed E-state index contributed by atoms with van der Waals surface area (Å²) in [4.78, 5) is 41.0. The summed E-state index contributed by atoms with van der Waals surface area (Å²) in [7, 11) is 0. The van der Waals surface area contributed by atoms with Crippen LogP contribution < -0.4 is 37.7 Å². The topological polar surface area (TPSA) is 151 Å². The summed E-state index contributed by atoms with van der Waals surface area (Å²) in [5.74, 6) is -1.72. The van der Waals surface area contributed by atoms with Crippen LogP contribution in [0.4, 0.5) is 17.1 Å². The normalized spacial score (nSPS) is 13.5. The van der Waals surface area contributed by atoms with Gasteiger partial charge in [-0.2, -0.15) is 0 Å². The second kappa shape index (κ2) is 9.46. The number of nitrogens with one attached hydrogen (secondary N) is 1. The number of halogens is 1. The van der Waals surface area contributed by atoms with E-state index in [4.69, 9.17) is 5.73 Å². The molecule has 0 atom stereocenters. The van der Waals surface area contributed by atoms with Crippen LogP contribution in [0.15, 0.2) is 64.7 Å². The van der Waals surface area contributed by atoms with Crippen LogP contribution in [0.3, 0.4) is 0 Å². The molecule has 0 saturated heterocycles. The first kappa shape index (κ1) is 22.6. The zero-order valence-electron chi connectivity index (χ0n) is 17.5. The Morgan fingerprint density at radius 3 is 2.55 bits per heavy atom. The number of hydrogen-bond donors (Lipinski definition) is 4. The number of benzene rings is 3. The van der Waals surface area contributed by atoms with E-state index in [2.05, 4.69) is 15.4 Å². The SMILES string of the molecule is CC(=O)C(=N[NH2+]c1cc2ccccc2cc1C(=O)O)C(=O)Nc1ccc2c(c1)[I-]CC(N)=N2. The summed E-state index contributed by atoms with van der Waals surface area (Å²) in [5, 5.41) is 17.9. The third-order valence-electron chi connectivity index (χ3n) is 4.85. The van der Waals surface area contributed by atoms with Gasteiger partial charge in [-0.1, -0.05) is 18.2 Å². The maximum atomic E-state index is 12.8. The van der Waals surface area contributed by atoms with Crippen LogP contribution in [0, 0.1) is 3.57 Å². The molecule has 0 unspecified atom stereocenters. The molecule has 0 saturated carbocycles. The van der Waals surface area contributed by atoms with E-state index in [1.54, 1.807) is 18.2 Å². The van der Waals surface area contributed by atoms with E-state index in [9.17, 15) is 19.5 Å². The van der Waals surface area contributed by atoms with Crippen molar-refractivity contribution in [3.63, 3.8) is 0 Å². The van der Waals surface area contributed by atoms with Gasteiger partial charge in [0, 0.05) is 0 Å². The molecule has 4 rings (SSSR count). The fourth-order valence-corrected chi connectivity index (χ4v) is 5.51. The van der Waals surface area contributed by atoms with Gasteiger partial charge in [0.25, 0.3) is 0 Å². The summed E-state index contributed by atoms with van der Waals surface area (Å²) in [6.07, 6.45) is 0. The van der Waals surface area contributed by atoms with E-state index in [-0.39, 0.29) is 32.5 Å². The van der Waals surface area contributed by atoms with Crippen LogP contribution in [-0.4, -0.2) is 38.7 Å². The third kappa shape index (κ3) is 5.07. The number of carbonyl (C=O) groups is 3. The quantitative estimate of drug-likeness (QED) is 0.0558. The summed E-state index contributed by atoms with van der Waals surface area (Å²) < 4.78 is 1.80. The molecule has 6 N–H and O–H groups in total. The molecular formula is C23H20IN5O4. The molecule has 1 amide bonds. The van der Waals surface area contributed by atoms with E-state index in [0.717, 1.165) is 24.5 Å². The first-order chi connectivity index (χ1) is 15.8. The number of ketones is 1. The molecular weight excluding hydrogens is 537 g/mol. The fraction of sp³-hybridized carbons (Fsp3) is 0.0870. The second-order valence-electron chi connectivity index (χ2n) is 7.25. The van der Waals surface area contributed by atoms with E-state index in [1.165, 1.54) is 18.4 Å². The van der Waals surface area contributed by atoms with Crippen molar-refractivity contribution < 1.29 is 46.1 Å². The molecule has 1 aliphatic heterocycles. The number of carboxylic acid groups (broad SMARTS) is 1. The van der Waals surface area contributed by atoms with Crippen LogP contribution >= 0.6 is 0 Å². The Bertz CT molecular complexity index is 1370. The Hall–Kier alpha value is -3.64. The van der Waals surface area contributed by atoms with E-state index in [1.807, 2.05) is 30.3 Å². The van der Waals surface area contributed by atoms with Crippen LogP contribution in [0.2, 0.25) is 0 Å². The minimum atomic E-state index is -1.13. The number of nitrogens with two attached hydrogens (primary N) is 2. The molecule has 33 heavy (non-hydrogen) atoms. The van der Waals surface area contributed by atoms with Crippen LogP contribution in [0.5, 0.6) is 0 Å². The Kier molecular flexibility index (Phi) is 6.47. The Labute approximate surface area is 199 Å². The number of carboxylic acids is 1. The predicted molar refractivity (Wildman–Crippen MR) is 121 cm³/mol. The first-order valence-corrected chi connectivity index (χ1v) is 12.5. The van der Waals surface area contributed by atoms with Crippen molar-refractivity contribution in [2.24, 2.45) is 15.8 Å². The molecule has 0 bridgehead atoms. The molecule has 0 fully saturated rings. The molecule has 0 aromatic heterocycles. The molecule has 10 heteroatoms. The maximum absolute atomic E-state index is 12.8. The van der Waals surface area contributed by atoms with Gasteiger partial charge in [-0.25, -0.2) is 0 Å². The monoisotopic (exact) mass is 557 g/mol. The van der Waals surface area contributed by atoms with Crippen LogP contribution in [-0.2, 0) is 9.59 Å². The average molecular weight is 557 g/mol. The van der Waals surface area contributed by atoms with Crippen molar-refractivity contribution in [2.45, 2.75) is 6.92 Å². The van der Waals surface area contributed by atoms with Gasteiger partial charge in [0.1, 0.15) is 0 Å². The van der Waals surface area contributed by atoms with Gasteiger partial charge in [-0.15, -0.1) is 0 Å². The molecule has 9 nitrogen and oxygen atoms in total. The van der Waals surface area contributed by atoms with Gasteiger partial charge in [0.2, 0.25) is 0 Å². The van der Waals surface area contributed by atoms with Crippen LogP contribution in [0.1, 0.15) is 17.3 Å². The summed E-state index contributed by atoms with van der Waals surface area (Å²) in [6, 6.07) is 15.8. The van der Waals surface area contributed by atoms with Crippen LogP contribution in [0.25, 0.3) is 10.8 Å². The van der Waals surface area contributed by atoms with Crippen molar-refractivity contribution in [1.29, 1.82) is 0 Å². The number of rotatable bonds is 6. The number of alkyl halides is 1. The number of anilines is 1. The molecule has 0 aliphatic carbocycles. The van der Waals surface area contributed by atoms with E-state index < -0.39 is 17.7 Å². The number of amides is 1. The van der Waals surface area contributed by atoms with Crippen molar-refractivity contribution in [1.82, 2.24) is 0 Å². The Morgan fingerprint density at radius 2 is 1.85 bits per heavy atom. The molecule has 1 heterocycles. The number of nitrogens with zero attached hydrogens (tertiary/aromatic N) is 2. The standard InChI is InChI=1S/C23H19IN5O4/c1-12(30)21(22(31)26-15-6-7-18-17(10-15)24-11-20(25)27-18)29-28-19-9-14-5-3-2-4-13(14)8-16(19)23(32)33/h2-10,28H,11H2,1H3,(H2,25,27)(H,26,31)(H,32,33)/q-1/p+1. The number of amidine groups is 1. The molecule has 3 aromatic carbocycles. The summed E-state index contributed by atoms with van der Waals surface area (Å²) in [5.41, 5.74) is 8.36. The number of aliphatic imine (C=N–C) groups is 1. The van der Waals surface area contributed by atoms with Gasteiger partial charge in [0.15, 0.2) is 0 Å². The summed E-state index contributed by atoms with van der Waals surface area (Å²) in [6.45, 7) is 1.24. The fourth-order valence-electron chi connectivity index (χ4n) is 3.29. The average Bonchev–Trinajstić information content (AvgIpc) is 2.78. The van der Waals surface area contributed by atoms with E-state index in [0.29, 0.717) is 17.2 Å². The minimum absolute atomic E-state index is 0.0270. The number of fused-ring (bicyclic) bond motifs is 2. The third-order valence-corrected chi connectivity index (χ3v) is 7.70. The van der Waals surface area contributed by atoms with Gasteiger partial charge >= 0.3 is 181 Å². The zero-order chi connectivity index (χ0) is 23.5. The number of hydrogen-bond acceptors (Lipinski definition) is 6. The predicted octanol–water partition coefficient (Wildman–Crippen LogP) is -1.42. The van der Waals surface area contributed by atoms with Gasteiger partial charge < -0.3 is 0 Å². The van der Waals surface area contributed by atoms with Gasteiger partial charge in [-0.3, -0.25) is 0 Å². The Morgan fingerprint density at radius 1 is 1.12 bits per heavy atom. The van der Waals surface area contributed by atoms with E-state index >= 15 is 0 Å². The molecule has 3 aromatic rings. The zero-order valence-corrected chi connectivity index (χ0v) is 19.7.